The van der Waals surface area contributed by atoms with Gasteiger partial charge in [0.1, 0.15) is 6.54 Å². The van der Waals surface area contributed by atoms with Gasteiger partial charge in [-0.3, -0.25) is 4.79 Å². The first-order valence-corrected chi connectivity index (χ1v) is 5.55. The van der Waals surface area contributed by atoms with Crippen molar-refractivity contribution in [2.24, 2.45) is 11.8 Å². The maximum atomic E-state index is 13.3. The Kier molecular flexibility index (Phi) is 4.22. The smallest absolute Gasteiger partial charge is 0.249 e. The Hall–Kier alpha value is -1.44. The van der Waals surface area contributed by atoms with Crippen molar-refractivity contribution in [1.82, 2.24) is 5.32 Å². The molecule has 1 fully saturated rings. The zero-order valence-corrected chi connectivity index (χ0v) is 9.80. The number of nitriles is 1. The van der Waals surface area contributed by atoms with Crippen LogP contribution in [0.2, 0.25) is 0 Å². The van der Waals surface area contributed by atoms with Crippen molar-refractivity contribution < 1.29 is 13.6 Å². The van der Waals surface area contributed by atoms with Crippen molar-refractivity contribution >= 4 is 5.91 Å². The van der Waals surface area contributed by atoms with E-state index in [2.05, 4.69) is 11.9 Å². The minimum atomic E-state index is -2.79. The van der Waals surface area contributed by atoms with Crippen molar-refractivity contribution in [3.05, 3.63) is 12.2 Å². The van der Waals surface area contributed by atoms with E-state index in [1.54, 1.807) is 13.0 Å². The summed E-state index contributed by atoms with van der Waals surface area (Å²) in [6.45, 7) is 5.35. The Morgan fingerprint density at radius 1 is 1.59 bits per heavy atom. The van der Waals surface area contributed by atoms with Gasteiger partial charge < -0.3 is 5.32 Å². The number of alkyl halides is 2. The number of halogens is 2. The van der Waals surface area contributed by atoms with E-state index < -0.39 is 24.2 Å². The summed E-state index contributed by atoms with van der Waals surface area (Å²) in [6, 6.07) is 1.76. The summed E-state index contributed by atoms with van der Waals surface area (Å²) in [5.41, 5.74) is 0.748. The topological polar surface area (TPSA) is 52.9 Å². The van der Waals surface area contributed by atoms with E-state index in [0.717, 1.165) is 5.57 Å². The first-order chi connectivity index (χ1) is 7.87. The van der Waals surface area contributed by atoms with Crippen molar-refractivity contribution in [2.45, 2.75) is 32.1 Å². The summed E-state index contributed by atoms with van der Waals surface area (Å²) in [6.07, 6.45) is -0.388. The van der Waals surface area contributed by atoms with Gasteiger partial charge in [0.2, 0.25) is 11.8 Å². The largest absolute Gasteiger partial charge is 0.343 e. The Morgan fingerprint density at radius 3 is 2.76 bits per heavy atom. The fourth-order valence-corrected chi connectivity index (χ4v) is 2.26. The number of rotatable bonds is 3. The summed E-state index contributed by atoms with van der Waals surface area (Å²) < 4.78 is 26.6. The van der Waals surface area contributed by atoms with Crippen LogP contribution in [0.3, 0.4) is 0 Å². The van der Waals surface area contributed by atoms with Crippen LogP contribution >= 0.6 is 0 Å². The van der Waals surface area contributed by atoms with E-state index >= 15 is 0 Å². The molecule has 2 atom stereocenters. The molecular weight excluding hydrogens is 226 g/mol. The lowest BCUT2D eigenvalue weighted by molar-refractivity contribution is -0.135. The van der Waals surface area contributed by atoms with Gasteiger partial charge in [0.05, 0.1) is 12.0 Å². The Balaban J connectivity index is 2.77. The summed E-state index contributed by atoms with van der Waals surface area (Å²) >= 11 is 0. The molecule has 0 spiro atoms. The van der Waals surface area contributed by atoms with E-state index in [9.17, 15) is 13.6 Å². The van der Waals surface area contributed by atoms with Crippen molar-refractivity contribution in [2.75, 3.05) is 6.54 Å². The molecule has 5 heteroatoms. The molecule has 1 aliphatic rings. The molecule has 3 nitrogen and oxygen atoms in total. The Morgan fingerprint density at radius 2 is 2.24 bits per heavy atom. The van der Waals surface area contributed by atoms with Gasteiger partial charge in [-0.25, -0.2) is 8.78 Å². The highest BCUT2D eigenvalue weighted by Gasteiger charge is 2.44. The molecule has 0 aliphatic heterocycles. The highest BCUT2D eigenvalue weighted by atomic mass is 19.3. The number of nitrogens with one attached hydrogen (secondary N) is 1. The lowest BCUT2D eigenvalue weighted by Gasteiger charge is -2.35. The number of hydrogen-bond acceptors (Lipinski definition) is 2. The fraction of sp³-hybridized carbons (Fsp3) is 0.667. The van der Waals surface area contributed by atoms with Crippen molar-refractivity contribution in [1.29, 1.82) is 5.26 Å². The highest BCUT2D eigenvalue weighted by Crippen LogP contribution is 2.42. The first-order valence-electron chi connectivity index (χ1n) is 5.55. The number of carbonyl (C=O) groups is 1. The van der Waals surface area contributed by atoms with Gasteiger partial charge in [0.15, 0.2) is 0 Å². The predicted molar refractivity (Wildman–Crippen MR) is 59.2 cm³/mol. The van der Waals surface area contributed by atoms with Crippen LogP contribution in [0.25, 0.3) is 0 Å². The molecule has 17 heavy (non-hydrogen) atoms. The molecule has 1 aliphatic carbocycles. The number of allylic oxidation sites excluding steroid dienone is 1. The van der Waals surface area contributed by atoms with Crippen LogP contribution in [0.5, 0.6) is 0 Å². The molecular formula is C12H16F2N2O. The third-order valence-corrected chi connectivity index (χ3v) is 3.14. The molecule has 0 aromatic heterocycles. The lowest BCUT2D eigenvalue weighted by atomic mass is 9.74. The second-order valence-corrected chi connectivity index (χ2v) is 4.53. The molecule has 94 valence electrons. The number of carbonyl (C=O) groups excluding carboxylic acids is 1. The zero-order valence-electron chi connectivity index (χ0n) is 9.80. The van der Waals surface area contributed by atoms with Gasteiger partial charge in [0.25, 0.3) is 0 Å². The first kappa shape index (κ1) is 13.6. The van der Waals surface area contributed by atoms with Gasteiger partial charge >= 0.3 is 0 Å². The van der Waals surface area contributed by atoms with E-state index in [4.69, 9.17) is 5.26 Å². The summed E-state index contributed by atoms with van der Waals surface area (Å²) in [5.74, 6) is -4.25. The summed E-state index contributed by atoms with van der Waals surface area (Å²) in [5, 5.41) is 10.7. The summed E-state index contributed by atoms with van der Waals surface area (Å²) in [4.78, 5) is 11.7. The molecule has 0 bridgehead atoms. The van der Waals surface area contributed by atoms with Crippen LogP contribution in [0, 0.1) is 23.2 Å². The molecule has 0 aromatic carbocycles. The SMILES string of the molecule is C=C(C)[C@@H]1CCC(F)(F)C[C@H]1C(=O)NCC#N. The quantitative estimate of drug-likeness (QED) is 0.609. The van der Waals surface area contributed by atoms with E-state index in [-0.39, 0.29) is 25.3 Å². The molecule has 1 amide bonds. The van der Waals surface area contributed by atoms with Crippen LogP contribution < -0.4 is 5.32 Å². The molecule has 1 rings (SSSR count). The van der Waals surface area contributed by atoms with E-state index in [0.29, 0.717) is 0 Å². The minimum absolute atomic E-state index is 0.149. The molecule has 1 saturated carbocycles. The molecule has 1 N–H and O–H groups in total. The number of hydrogen-bond donors (Lipinski definition) is 1. The third-order valence-electron chi connectivity index (χ3n) is 3.14. The summed E-state index contributed by atoms with van der Waals surface area (Å²) in [7, 11) is 0. The maximum absolute atomic E-state index is 13.3. The van der Waals surface area contributed by atoms with Crippen molar-refractivity contribution in [3.63, 3.8) is 0 Å². The van der Waals surface area contributed by atoms with Crippen LogP contribution in [-0.2, 0) is 4.79 Å². The second kappa shape index (κ2) is 5.26. The van der Waals surface area contributed by atoms with Crippen LogP contribution in [0.4, 0.5) is 8.78 Å². The zero-order chi connectivity index (χ0) is 13.1. The standard InChI is InChI=1S/C12H16F2N2O/c1-8(2)9-3-4-12(13,14)7-10(9)11(17)16-6-5-15/h9-10H,1,3-4,6-7H2,2H3,(H,16,17)/t9-,10+/m0/s1. The van der Waals surface area contributed by atoms with Crippen molar-refractivity contribution in [3.8, 4) is 6.07 Å². The van der Waals surface area contributed by atoms with Gasteiger partial charge in [-0.05, 0) is 19.3 Å². The monoisotopic (exact) mass is 242 g/mol. The normalized spacial score (nSPS) is 26.9. The average Bonchev–Trinajstić information content (AvgIpc) is 2.24. The average molecular weight is 242 g/mol. The predicted octanol–water partition coefficient (Wildman–Crippen LogP) is 2.25. The number of nitrogens with zero attached hydrogens (tertiary/aromatic N) is 1. The molecule has 0 radical (unpaired) electrons. The van der Waals surface area contributed by atoms with E-state index in [1.807, 2.05) is 0 Å². The van der Waals surface area contributed by atoms with Gasteiger partial charge in [0, 0.05) is 12.8 Å². The lowest BCUT2D eigenvalue weighted by Crippen LogP contribution is -2.42. The number of amides is 1. The van der Waals surface area contributed by atoms with Gasteiger partial charge in [-0.15, -0.1) is 0 Å². The van der Waals surface area contributed by atoms with Crippen LogP contribution in [0.15, 0.2) is 12.2 Å². The van der Waals surface area contributed by atoms with E-state index in [1.165, 1.54) is 0 Å². The molecule has 0 saturated heterocycles. The third kappa shape index (κ3) is 3.52. The van der Waals surface area contributed by atoms with Gasteiger partial charge in [-0.2, -0.15) is 5.26 Å². The Labute approximate surface area is 99.5 Å². The minimum Gasteiger partial charge on any atom is -0.343 e. The molecule has 0 unspecified atom stereocenters. The molecule has 0 aromatic rings. The fourth-order valence-electron chi connectivity index (χ4n) is 2.26. The van der Waals surface area contributed by atoms with Gasteiger partial charge in [-0.1, -0.05) is 12.2 Å². The van der Waals surface area contributed by atoms with Crippen LogP contribution in [0.1, 0.15) is 26.2 Å². The maximum Gasteiger partial charge on any atom is 0.249 e. The highest BCUT2D eigenvalue weighted by molar-refractivity contribution is 5.79. The second-order valence-electron chi connectivity index (χ2n) is 4.53. The Bertz CT molecular complexity index is 360. The molecule has 0 heterocycles. The van der Waals surface area contributed by atoms with Crippen LogP contribution in [-0.4, -0.2) is 18.4 Å².